The van der Waals surface area contributed by atoms with Gasteiger partial charge in [0.1, 0.15) is 0 Å². The summed E-state index contributed by atoms with van der Waals surface area (Å²) in [6.45, 7) is 6.99. The van der Waals surface area contributed by atoms with E-state index in [2.05, 4.69) is 33.1 Å². The zero-order valence-electron chi connectivity index (χ0n) is 12.8. The van der Waals surface area contributed by atoms with Crippen molar-refractivity contribution in [3.8, 4) is 0 Å². The van der Waals surface area contributed by atoms with E-state index in [9.17, 15) is 4.79 Å². The first-order chi connectivity index (χ1) is 10.2. The van der Waals surface area contributed by atoms with Gasteiger partial charge in [-0.05, 0) is 30.3 Å². The lowest BCUT2D eigenvalue weighted by molar-refractivity contribution is -0.119. The molecule has 0 spiro atoms. The molecule has 1 aromatic rings. The molecular weight excluding hydrogens is 292 g/mol. The van der Waals surface area contributed by atoms with Gasteiger partial charge in [-0.3, -0.25) is 4.79 Å². The van der Waals surface area contributed by atoms with Gasteiger partial charge < -0.3 is 15.4 Å². The minimum Gasteiger partial charge on any atom is -0.383 e. The van der Waals surface area contributed by atoms with Crippen molar-refractivity contribution >= 4 is 17.7 Å². The molecular formula is C12H24N6O2S. The molecule has 0 aliphatic carbocycles. The molecule has 21 heavy (non-hydrogen) atoms. The Hall–Kier alpha value is -1.19. The molecule has 0 aromatic carbocycles. The van der Waals surface area contributed by atoms with Gasteiger partial charge in [0.2, 0.25) is 11.1 Å². The highest BCUT2D eigenvalue weighted by molar-refractivity contribution is 7.99. The van der Waals surface area contributed by atoms with Crippen LogP contribution in [0.15, 0.2) is 5.16 Å². The molecule has 9 heteroatoms. The fourth-order valence-corrected chi connectivity index (χ4v) is 2.38. The van der Waals surface area contributed by atoms with Gasteiger partial charge in [0.05, 0.1) is 18.9 Å². The van der Waals surface area contributed by atoms with Crippen LogP contribution in [0.25, 0.3) is 0 Å². The molecule has 0 fully saturated rings. The average molecular weight is 316 g/mol. The number of carbonyl (C=O) groups excluding carboxylic acids is 1. The van der Waals surface area contributed by atoms with E-state index >= 15 is 0 Å². The van der Waals surface area contributed by atoms with Crippen LogP contribution in [0.4, 0.5) is 0 Å². The van der Waals surface area contributed by atoms with Crippen LogP contribution in [0.3, 0.4) is 0 Å². The second-order valence-corrected chi connectivity index (χ2v) is 5.59. The van der Waals surface area contributed by atoms with E-state index in [0.717, 1.165) is 19.5 Å². The van der Waals surface area contributed by atoms with Crippen LogP contribution >= 0.6 is 11.8 Å². The zero-order valence-corrected chi connectivity index (χ0v) is 13.7. The molecule has 1 heterocycles. The molecule has 1 atom stereocenters. The fourth-order valence-electron chi connectivity index (χ4n) is 1.67. The maximum absolute atomic E-state index is 11.8. The Morgan fingerprint density at radius 2 is 2.29 bits per heavy atom. The van der Waals surface area contributed by atoms with Gasteiger partial charge in [0.25, 0.3) is 0 Å². The van der Waals surface area contributed by atoms with Crippen molar-refractivity contribution in [1.82, 2.24) is 30.8 Å². The van der Waals surface area contributed by atoms with E-state index in [1.54, 1.807) is 11.8 Å². The van der Waals surface area contributed by atoms with Crippen LogP contribution in [0.5, 0.6) is 0 Å². The minimum absolute atomic E-state index is 0.00246. The van der Waals surface area contributed by atoms with Gasteiger partial charge in [-0.1, -0.05) is 18.7 Å². The number of hydrogen-bond acceptors (Lipinski definition) is 7. The number of methoxy groups -OCH3 is 1. The van der Waals surface area contributed by atoms with Crippen molar-refractivity contribution in [3.05, 3.63) is 0 Å². The van der Waals surface area contributed by atoms with Crippen molar-refractivity contribution in [3.63, 3.8) is 0 Å². The highest BCUT2D eigenvalue weighted by Crippen LogP contribution is 2.12. The number of hydrogen-bond donors (Lipinski definition) is 2. The summed E-state index contributed by atoms with van der Waals surface area (Å²) in [5.74, 6) is 0.236. The Morgan fingerprint density at radius 3 is 3.00 bits per heavy atom. The molecule has 0 aliphatic rings. The Balaban J connectivity index is 2.31. The van der Waals surface area contributed by atoms with E-state index in [-0.39, 0.29) is 17.7 Å². The molecule has 1 amide bonds. The Morgan fingerprint density at radius 1 is 1.48 bits per heavy atom. The number of amides is 1. The summed E-state index contributed by atoms with van der Waals surface area (Å²) in [6.07, 6.45) is 1.09. The van der Waals surface area contributed by atoms with Crippen molar-refractivity contribution in [2.45, 2.75) is 38.0 Å². The van der Waals surface area contributed by atoms with Crippen molar-refractivity contribution < 1.29 is 9.53 Å². The number of nitrogens with one attached hydrogen (secondary N) is 2. The number of carbonyl (C=O) groups is 1. The SMILES string of the molecule is CCCNCCn1nnnc1SCC(=O)NC(C)COC. The standard InChI is InChI=1S/C12H24N6O2S/c1-4-5-13-6-7-18-12(15-16-17-18)21-9-11(19)14-10(2)8-20-3/h10,13H,4-9H2,1-3H3,(H,14,19). The predicted molar refractivity (Wildman–Crippen MR) is 81.2 cm³/mol. The molecule has 120 valence electrons. The minimum atomic E-state index is -0.0526. The molecule has 0 saturated heterocycles. The zero-order chi connectivity index (χ0) is 15.5. The number of nitrogens with zero attached hydrogens (tertiary/aromatic N) is 4. The molecule has 1 rings (SSSR count). The lowest BCUT2D eigenvalue weighted by Gasteiger charge is -2.12. The lowest BCUT2D eigenvalue weighted by atomic mass is 10.3. The third-order valence-electron chi connectivity index (χ3n) is 2.58. The Labute approximate surface area is 129 Å². The second kappa shape index (κ2) is 10.5. The summed E-state index contributed by atoms with van der Waals surface area (Å²) < 4.78 is 6.68. The first-order valence-electron chi connectivity index (χ1n) is 7.05. The first kappa shape index (κ1) is 17.9. The van der Waals surface area contributed by atoms with Gasteiger partial charge in [0.15, 0.2) is 0 Å². The third kappa shape index (κ3) is 7.39. The molecule has 0 bridgehead atoms. The van der Waals surface area contributed by atoms with E-state index in [4.69, 9.17) is 4.74 Å². The number of tetrazole rings is 1. The number of rotatable bonds is 11. The molecule has 1 aromatic heterocycles. The summed E-state index contributed by atoms with van der Waals surface area (Å²) in [7, 11) is 1.61. The summed E-state index contributed by atoms with van der Waals surface area (Å²) in [5.41, 5.74) is 0. The smallest absolute Gasteiger partial charge is 0.230 e. The van der Waals surface area contributed by atoms with Gasteiger partial charge in [-0.25, -0.2) is 4.68 Å². The van der Waals surface area contributed by atoms with E-state index in [1.165, 1.54) is 11.8 Å². The lowest BCUT2D eigenvalue weighted by Crippen LogP contribution is -2.36. The molecule has 0 radical (unpaired) electrons. The molecule has 8 nitrogen and oxygen atoms in total. The second-order valence-electron chi connectivity index (χ2n) is 4.65. The highest BCUT2D eigenvalue weighted by atomic mass is 32.2. The monoisotopic (exact) mass is 316 g/mol. The number of aromatic nitrogens is 4. The average Bonchev–Trinajstić information content (AvgIpc) is 2.89. The predicted octanol–water partition coefficient (Wildman–Crippen LogP) is -0.0841. The molecule has 0 saturated carbocycles. The third-order valence-corrected chi connectivity index (χ3v) is 3.54. The summed E-state index contributed by atoms with van der Waals surface area (Å²) in [5, 5.41) is 18.3. The maximum atomic E-state index is 11.8. The maximum Gasteiger partial charge on any atom is 0.230 e. The van der Waals surface area contributed by atoms with Crippen LogP contribution in [-0.4, -0.2) is 64.7 Å². The van der Waals surface area contributed by atoms with Gasteiger partial charge >= 0.3 is 0 Å². The molecule has 2 N–H and O–H groups in total. The summed E-state index contributed by atoms with van der Waals surface area (Å²) >= 11 is 1.33. The largest absolute Gasteiger partial charge is 0.383 e. The fraction of sp³-hybridized carbons (Fsp3) is 0.833. The molecule has 0 aliphatic heterocycles. The van der Waals surface area contributed by atoms with Crippen LogP contribution in [0.2, 0.25) is 0 Å². The van der Waals surface area contributed by atoms with Gasteiger partial charge in [0, 0.05) is 19.7 Å². The highest BCUT2D eigenvalue weighted by Gasteiger charge is 2.11. The number of ether oxygens (including phenoxy) is 1. The Kier molecular flexibility index (Phi) is 8.95. The van der Waals surface area contributed by atoms with Crippen molar-refractivity contribution in [2.24, 2.45) is 0 Å². The summed E-state index contributed by atoms with van der Waals surface area (Å²) in [4.78, 5) is 11.8. The van der Waals surface area contributed by atoms with Crippen LogP contribution in [-0.2, 0) is 16.1 Å². The van der Waals surface area contributed by atoms with E-state index in [0.29, 0.717) is 18.3 Å². The number of thioether (sulfide) groups is 1. The van der Waals surface area contributed by atoms with E-state index in [1.807, 2.05) is 6.92 Å². The first-order valence-corrected chi connectivity index (χ1v) is 8.03. The Bertz CT molecular complexity index is 414. The van der Waals surface area contributed by atoms with Crippen LogP contribution in [0.1, 0.15) is 20.3 Å². The van der Waals surface area contributed by atoms with Crippen LogP contribution in [0, 0.1) is 0 Å². The van der Waals surface area contributed by atoms with Gasteiger partial charge in [-0.2, -0.15) is 0 Å². The van der Waals surface area contributed by atoms with Crippen molar-refractivity contribution in [2.75, 3.05) is 32.6 Å². The quantitative estimate of drug-likeness (QED) is 0.435. The van der Waals surface area contributed by atoms with Gasteiger partial charge in [-0.15, -0.1) is 5.10 Å². The van der Waals surface area contributed by atoms with Crippen LogP contribution < -0.4 is 10.6 Å². The topological polar surface area (TPSA) is 94.0 Å². The molecule has 1 unspecified atom stereocenters. The van der Waals surface area contributed by atoms with Crippen molar-refractivity contribution in [1.29, 1.82) is 0 Å². The normalized spacial score (nSPS) is 12.3. The summed E-state index contributed by atoms with van der Waals surface area (Å²) in [6, 6.07) is -0.00246. The van der Waals surface area contributed by atoms with E-state index < -0.39 is 0 Å².